The van der Waals surface area contributed by atoms with Crippen LogP contribution in [0.1, 0.15) is 37.8 Å². The fraction of sp³-hybridized carbons (Fsp3) is 0.625. The van der Waals surface area contributed by atoms with E-state index in [1.165, 1.54) is 24.8 Å². The van der Waals surface area contributed by atoms with Gasteiger partial charge < -0.3 is 10.5 Å². The molecule has 2 rings (SSSR count). The normalized spacial score (nSPS) is 19.0. The minimum Gasteiger partial charge on any atom is -0.496 e. The van der Waals surface area contributed by atoms with Gasteiger partial charge in [0, 0.05) is 16.6 Å². The lowest BCUT2D eigenvalue weighted by Crippen LogP contribution is -2.39. The molecule has 1 aliphatic heterocycles. The van der Waals surface area contributed by atoms with Crippen LogP contribution < -0.4 is 10.5 Å². The number of benzene rings is 1. The van der Waals surface area contributed by atoms with E-state index >= 15 is 0 Å². The van der Waals surface area contributed by atoms with E-state index in [0.29, 0.717) is 6.54 Å². The van der Waals surface area contributed by atoms with Crippen molar-refractivity contribution in [2.45, 2.75) is 32.2 Å². The minimum absolute atomic E-state index is 0.250. The van der Waals surface area contributed by atoms with Gasteiger partial charge in [-0.1, -0.05) is 29.3 Å². The van der Waals surface area contributed by atoms with Gasteiger partial charge in [0.1, 0.15) is 5.75 Å². The van der Waals surface area contributed by atoms with Gasteiger partial charge in [0.25, 0.3) is 0 Å². The van der Waals surface area contributed by atoms with E-state index in [0.717, 1.165) is 29.2 Å². The zero-order chi connectivity index (χ0) is 14.5. The average Bonchev–Trinajstić information content (AvgIpc) is 2.49. The standard InChI is InChI=1S/C16H25BrN2O/c1-3-12-6-8-19(9-7-12)15(11-18)14-10-13(17)4-5-16(14)20-2/h4-5,10,12,15H,3,6-9,11,18H2,1-2H3. The number of methoxy groups -OCH3 is 1. The lowest BCUT2D eigenvalue weighted by atomic mass is 9.92. The average molecular weight is 341 g/mol. The number of hydrogen-bond donors (Lipinski definition) is 1. The maximum Gasteiger partial charge on any atom is 0.123 e. The SMILES string of the molecule is CCC1CCN(C(CN)c2cc(Br)ccc2OC)CC1. The van der Waals surface area contributed by atoms with Crippen molar-refractivity contribution in [1.29, 1.82) is 0 Å². The monoisotopic (exact) mass is 340 g/mol. The summed E-state index contributed by atoms with van der Waals surface area (Å²) in [6, 6.07) is 6.42. The summed E-state index contributed by atoms with van der Waals surface area (Å²) in [5, 5.41) is 0. The molecule has 1 atom stereocenters. The van der Waals surface area contributed by atoms with Crippen LogP contribution in [0, 0.1) is 5.92 Å². The lowest BCUT2D eigenvalue weighted by Gasteiger charge is -2.37. The van der Waals surface area contributed by atoms with Gasteiger partial charge in [0.2, 0.25) is 0 Å². The second-order valence-corrected chi connectivity index (χ2v) is 6.44. The van der Waals surface area contributed by atoms with Crippen LogP contribution in [-0.2, 0) is 0 Å². The number of rotatable bonds is 5. The highest BCUT2D eigenvalue weighted by Crippen LogP contribution is 2.34. The molecule has 1 aromatic rings. The van der Waals surface area contributed by atoms with Crippen LogP contribution in [-0.4, -0.2) is 31.6 Å². The van der Waals surface area contributed by atoms with Gasteiger partial charge >= 0.3 is 0 Å². The van der Waals surface area contributed by atoms with Crippen molar-refractivity contribution >= 4 is 15.9 Å². The first-order valence-electron chi connectivity index (χ1n) is 7.47. The van der Waals surface area contributed by atoms with Gasteiger partial charge in [-0.15, -0.1) is 0 Å². The number of nitrogens with two attached hydrogens (primary N) is 1. The minimum atomic E-state index is 0.250. The van der Waals surface area contributed by atoms with Crippen molar-refractivity contribution in [2.75, 3.05) is 26.7 Å². The van der Waals surface area contributed by atoms with Crippen LogP contribution in [0.25, 0.3) is 0 Å². The molecule has 4 heteroatoms. The third-order valence-electron chi connectivity index (χ3n) is 4.44. The van der Waals surface area contributed by atoms with E-state index in [1.54, 1.807) is 7.11 Å². The Hall–Kier alpha value is -0.580. The highest BCUT2D eigenvalue weighted by atomic mass is 79.9. The molecule has 1 aromatic carbocycles. The number of piperidine rings is 1. The molecule has 0 radical (unpaired) electrons. The first-order chi connectivity index (χ1) is 9.69. The molecule has 1 fully saturated rings. The molecule has 1 aliphatic rings. The summed E-state index contributed by atoms with van der Waals surface area (Å²) in [6.45, 7) is 5.19. The van der Waals surface area contributed by atoms with Gasteiger partial charge in [-0.05, 0) is 50.0 Å². The van der Waals surface area contributed by atoms with E-state index in [9.17, 15) is 0 Å². The summed E-state index contributed by atoms with van der Waals surface area (Å²) >= 11 is 3.55. The molecule has 0 aromatic heterocycles. The summed E-state index contributed by atoms with van der Waals surface area (Å²) in [7, 11) is 1.73. The highest BCUT2D eigenvalue weighted by Gasteiger charge is 2.26. The highest BCUT2D eigenvalue weighted by molar-refractivity contribution is 9.10. The Morgan fingerprint density at radius 2 is 2.10 bits per heavy atom. The Kier molecular flexibility index (Phi) is 5.87. The van der Waals surface area contributed by atoms with Gasteiger partial charge in [0.05, 0.1) is 13.2 Å². The Morgan fingerprint density at radius 1 is 1.40 bits per heavy atom. The summed E-state index contributed by atoms with van der Waals surface area (Å²) in [6.07, 6.45) is 3.86. The Labute approximate surface area is 130 Å². The first-order valence-corrected chi connectivity index (χ1v) is 8.26. The number of likely N-dealkylation sites (tertiary alicyclic amines) is 1. The number of nitrogens with zero attached hydrogens (tertiary/aromatic N) is 1. The molecule has 0 spiro atoms. The zero-order valence-electron chi connectivity index (χ0n) is 12.4. The molecule has 20 heavy (non-hydrogen) atoms. The van der Waals surface area contributed by atoms with Crippen LogP contribution in [0.5, 0.6) is 5.75 Å². The fourth-order valence-corrected chi connectivity index (χ4v) is 3.49. The molecule has 3 nitrogen and oxygen atoms in total. The summed E-state index contributed by atoms with van der Waals surface area (Å²) in [5.74, 6) is 1.82. The molecule has 0 amide bonds. The van der Waals surface area contributed by atoms with E-state index in [2.05, 4.69) is 33.8 Å². The van der Waals surface area contributed by atoms with Crippen LogP contribution >= 0.6 is 15.9 Å². The van der Waals surface area contributed by atoms with Crippen LogP contribution in [0.15, 0.2) is 22.7 Å². The first kappa shape index (κ1) is 15.8. The van der Waals surface area contributed by atoms with E-state index in [4.69, 9.17) is 10.5 Å². The van der Waals surface area contributed by atoms with Crippen molar-refractivity contribution in [3.8, 4) is 5.75 Å². The third-order valence-corrected chi connectivity index (χ3v) is 4.93. The summed E-state index contributed by atoms with van der Waals surface area (Å²) in [5.41, 5.74) is 7.26. The Balaban J connectivity index is 2.18. The van der Waals surface area contributed by atoms with Crippen LogP contribution in [0.2, 0.25) is 0 Å². The molecule has 1 unspecified atom stereocenters. The largest absolute Gasteiger partial charge is 0.496 e. The molecule has 0 bridgehead atoms. The number of halogens is 1. The Morgan fingerprint density at radius 3 is 2.65 bits per heavy atom. The topological polar surface area (TPSA) is 38.5 Å². The van der Waals surface area contributed by atoms with Crippen molar-refractivity contribution < 1.29 is 4.74 Å². The van der Waals surface area contributed by atoms with Gasteiger partial charge in [0.15, 0.2) is 0 Å². The lowest BCUT2D eigenvalue weighted by molar-refractivity contribution is 0.132. The molecule has 0 saturated carbocycles. The molecule has 0 aliphatic carbocycles. The van der Waals surface area contributed by atoms with Crippen molar-refractivity contribution in [3.63, 3.8) is 0 Å². The maximum absolute atomic E-state index is 6.06. The molecular formula is C16H25BrN2O. The van der Waals surface area contributed by atoms with E-state index < -0.39 is 0 Å². The van der Waals surface area contributed by atoms with Crippen LogP contribution in [0.3, 0.4) is 0 Å². The second kappa shape index (κ2) is 7.43. The predicted molar refractivity (Wildman–Crippen MR) is 87.1 cm³/mol. The molecule has 2 N–H and O–H groups in total. The van der Waals surface area contributed by atoms with Crippen molar-refractivity contribution in [3.05, 3.63) is 28.2 Å². The third kappa shape index (κ3) is 3.54. The summed E-state index contributed by atoms with van der Waals surface area (Å²) < 4.78 is 6.59. The zero-order valence-corrected chi connectivity index (χ0v) is 14.0. The fourth-order valence-electron chi connectivity index (χ4n) is 3.11. The second-order valence-electron chi connectivity index (χ2n) is 5.53. The molecule has 1 saturated heterocycles. The van der Waals surface area contributed by atoms with E-state index in [-0.39, 0.29) is 6.04 Å². The maximum atomic E-state index is 6.06. The molecule has 1 heterocycles. The van der Waals surface area contributed by atoms with Gasteiger partial charge in [-0.25, -0.2) is 0 Å². The number of hydrogen-bond acceptors (Lipinski definition) is 3. The van der Waals surface area contributed by atoms with Gasteiger partial charge in [-0.2, -0.15) is 0 Å². The molecular weight excluding hydrogens is 316 g/mol. The quantitative estimate of drug-likeness (QED) is 0.890. The smallest absolute Gasteiger partial charge is 0.123 e. The van der Waals surface area contributed by atoms with Crippen LogP contribution in [0.4, 0.5) is 0 Å². The van der Waals surface area contributed by atoms with Crippen molar-refractivity contribution in [2.24, 2.45) is 11.7 Å². The van der Waals surface area contributed by atoms with E-state index in [1.807, 2.05) is 12.1 Å². The van der Waals surface area contributed by atoms with Gasteiger partial charge in [-0.3, -0.25) is 4.90 Å². The molecule has 112 valence electrons. The van der Waals surface area contributed by atoms with Crippen molar-refractivity contribution in [1.82, 2.24) is 4.90 Å². The number of ether oxygens (including phenoxy) is 1. The Bertz CT molecular complexity index is 430. The summed E-state index contributed by atoms with van der Waals surface area (Å²) in [4.78, 5) is 2.51. The predicted octanol–water partition coefficient (Wildman–Crippen LogP) is 3.58.